The summed E-state index contributed by atoms with van der Waals surface area (Å²) in [4.78, 5) is 12.4. The molecule has 0 fully saturated rings. The summed E-state index contributed by atoms with van der Waals surface area (Å²) in [6, 6.07) is 4.92. The molecule has 0 saturated carbocycles. The Balaban J connectivity index is 2.39. The summed E-state index contributed by atoms with van der Waals surface area (Å²) >= 11 is 10.1. The van der Waals surface area contributed by atoms with Crippen LogP contribution in [0.4, 0.5) is 0 Å². The Labute approximate surface area is 118 Å². The van der Waals surface area contributed by atoms with Crippen molar-refractivity contribution in [2.45, 2.75) is 18.7 Å². The number of carbonyl (C=O) groups excluding carboxylic acids is 1. The number of esters is 1. The fourth-order valence-corrected chi connectivity index (χ4v) is 1.66. The van der Waals surface area contributed by atoms with E-state index in [0.717, 1.165) is 0 Å². The maximum absolute atomic E-state index is 11.7. The van der Waals surface area contributed by atoms with E-state index in [4.69, 9.17) is 21.1 Å². The Hall–Kier alpha value is -0.710. The molecule has 0 aliphatic rings. The largest absolute Gasteiger partial charge is 0.460 e. The van der Waals surface area contributed by atoms with Crippen LogP contribution in [0, 0.1) is 5.92 Å². The van der Waals surface area contributed by atoms with Gasteiger partial charge in [0, 0.05) is 11.5 Å². The van der Waals surface area contributed by atoms with E-state index in [-0.39, 0.29) is 6.61 Å². The van der Waals surface area contributed by atoms with Gasteiger partial charge in [-0.3, -0.25) is 0 Å². The SMILES string of the molecule is CC(C)COCCOC(=O)c1cc(S)ccc1Cl. The van der Waals surface area contributed by atoms with Crippen LogP contribution in [-0.2, 0) is 9.47 Å². The standard InChI is InChI=1S/C13H17ClO3S/c1-9(2)8-16-5-6-17-13(15)11-7-10(18)3-4-12(11)14/h3-4,7,9,18H,5-6,8H2,1-2H3. The minimum atomic E-state index is -0.455. The van der Waals surface area contributed by atoms with Crippen LogP contribution in [0.3, 0.4) is 0 Å². The molecular weight excluding hydrogens is 272 g/mol. The van der Waals surface area contributed by atoms with Crippen LogP contribution in [0.2, 0.25) is 5.02 Å². The number of rotatable bonds is 6. The van der Waals surface area contributed by atoms with E-state index in [1.807, 2.05) is 0 Å². The Kier molecular flexibility index (Phi) is 6.54. The lowest BCUT2D eigenvalue weighted by molar-refractivity contribution is 0.0277. The van der Waals surface area contributed by atoms with Gasteiger partial charge < -0.3 is 9.47 Å². The monoisotopic (exact) mass is 288 g/mol. The summed E-state index contributed by atoms with van der Waals surface area (Å²) in [5.41, 5.74) is 0.327. The molecule has 0 radical (unpaired) electrons. The van der Waals surface area contributed by atoms with E-state index in [2.05, 4.69) is 26.5 Å². The van der Waals surface area contributed by atoms with Crippen molar-refractivity contribution < 1.29 is 14.3 Å². The highest BCUT2D eigenvalue weighted by molar-refractivity contribution is 7.80. The van der Waals surface area contributed by atoms with E-state index in [1.54, 1.807) is 18.2 Å². The zero-order valence-corrected chi connectivity index (χ0v) is 12.1. The summed E-state index contributed by atoms with van der Waals surface area (Å²) in [5, 5.41) is 0.362. The number of benzene rings is 1. The molecular formula is C13H17ClO3S. The lowest BCUT2D eigenvalue weighted by atomic mass is 10.2. The third kappa shape index (κ3) is 5.29. The van der Waals surface area contributed by atoms with E-state index in [0.29, 0.717) is 34.6 Å². The zero-order chi connectivity index (χ0) is 13.5. The Bertz CT molecular complexity index is 407. The van der Waals surface area contributed by atoms with Gasteiger partial charge in [0.15, 0.2) is 0 Å². The average molecular weight is 289 g/mol. The fraction of sp³-hybridized carbons (Fsp3) is 0.462. The van der Waals surface area contributed by atoms with E-state index in [1.165, 1.54) is 0 Å². The molecule has 0 unspecified atom stereocenters. The molecule has 0 spiro atoms. The second-order valence-electron chi connectivity index (χ2n) is 4.27. The average Bonchev–Trinajstić information content (AvgIpc) is 2.31. The third-order valence-corrected chi connectivity index (χ3v) is 2.69. The quantitative estimate of drug-likeness (QED) is 0.495. The molecule has 5 heteroatoms. The number of halogens is 1. The van der Waals surface area contributed by atoms with Gasteiger partial charge in [-0.25, -0.2) is 4.79 Å². The van der Waals surface area contributed by atoms with Gasteiger partial charge in [0.25, 0.3) is 0 Å². The first-order valence-electron chi connectivity index (χ1n) is 5.74. The minimum Gasteiger partial charge on any atom is -0.460 e. The Morgan fingerprint density at radius 1 is 1.39 bits per heavy atom. The fourth-order valence-electron chi connectivity index (χ4n) is 1.26. The summed E-state index contributed by atoms with van der Waals surface area (Å²) in [6.45, 7) is 5.39. The molecule has 0 saturated heterocycles. The van der Waals surface area contributed by atoms with E-state index in [9.17, 15) is 4.79 Å². The first-order valence-corrected chi connectivity index (χ1v) is 6.56. The summed E-state index contributed by atoms with van der Waals surface area (Å²) in [5.74, 6) is 0.0139. The van der Waals surface area contributed by atoms with Gasteiger partial charge in [0.05, 0.1) is 17.2 Å². The van der Waals surface area contributed by atoms with Crippen molar-refractivity contribution in [3.05, 3.63) is 28.8 Å². The Morgan fingerprint density at radius 2 is 2.11 bits per heavy atom. The third-order valence-electron chi connectivity index (χ3n) is 2.08. The molecule has 3 nitrogen and oxygen atoms in total. The van der Waals surface area contributed by atoms with E-state index < -0.39 is 5.97 Å². The molecule has 18 heavy (non-hydrogen) atoms. The van der Waals surface area contributed by atoms with Gasteiger partial charge in [0.2, 0.25) is 0 Å². The summed E-state index contributed by atoms with van der Waals surface area (Å²) in [6.07, 6.45) is 0. The second-order valence-corrected chi connectivity index (χ2v) is 5.19. The number of ether oxygens (including phenoxy) is 2. The van der Waals surface area contributed by atoms with Crippen LogP contribution >= 0.6 is 24.2 Å². The van der Waals surface area contributed by atoms with Crippen molar-refractivity contribution >= 4 is 30.2 Å². The lowest BCUT2D eigenvalue weighted by Gasteiger charge is -2.08. The molecule has 0 N–H and O–H groups in total. The molecule has 0 bridgehead atoms. The number of hydrogen-bond acceptors (Lipinski definition) is 4. The van der Waals surface area contributed by atoms with Gasteiger partial charge >= 0.3 is 5.97 Å². The molecule has 0 aliphatic carbocycles. The van der Waals surface area contributed by atoms with Crippen LogP contribution in [0.25, 0.3) is 0 Å². The van der Waals surface area contributed by atoms with Gasteiger partial charge in [-0.2, -0.15) is 0 Å². The minimum absolute atomic E-state index is 0.221. The highest BCUT2D eigenvalue weighted by Gasteiger charge is 2.11. The van der Waals surface area contributed by atoms with Crippen LogP contribution < -0.4 is 0 Å². The highest BCUT2D eigenvalue weighted by atomic mass is 35.5. The maximum Gasteiger partial charge on any atom is 0.339 e. The molecule has 100 valence electrons. The number of hydrogen-bond donors (Lipinski definition) is 1. The molecule has 1 aromatic rings. The topological polar surface area (TPSA) is 35.5 Å². The van der Waals surface area contributed by atoms with Crippen molar-refractivity contribution in [3.8, 4) is 0 Å². The van der Waals surface area contributed by atoms with Crippen molar-refractivity contribution in [2.75, 3.05) is 19.8 Å². The number of carbonyl (C=O) groups is 1. The predicted octanol–water partition coefficient (Wildman–Crippen LogP) is 3.46. The van der Waals surface area contributed by atoms with Crippen LogP contribution in [0.5, 0.6) is 0 Å². The Morgan fingerprint density at radius 3 is 2.78 bits per heavy atom. The van der Waals surface area contributed by atoms with Crippen LogP contribution in [0.1, 0.15) is 24.2 Å². The molecule has 0 atom stereocenters. The van der Waals surface area contributed by atoms with Gasteiger partial charge in [-0.05, 0) is 24.1 Å². The van der Waals surface area contributed by atoms with E-state index >= 15 is 0 Å². The predicted molar refractivity (Wildman–Crippen MR) is 74.6 cm³/mol. The van der Waals surface area contributed by atoms with Gasteiger partial charge in [-0.1, -0.05) is 25.4 Å². The summed E-state index contributed by atoms with van der Waals surface area (Å²) < 4.78 is 10.4. The van der Waals surface area contributed by atoms with Crippen molar-refractivity contribution in [3.63, 3.8) is 0 Å². The second kappa shape index (κ2) is 7.67. The normalized spacial score (nSPS) is 10.7. The zero-order valence-electron chi connectivity index (χ0n) is 10.5. The molecule has 0 aromatic heterocycles. The molecule has 1 aromatic carbocycles. The summed E-state index contributed by atoms with van der Waals surface area (Å²) in [7, 11) is 0. The van der Waals surface area contributed by atoms with Gasteiger partial charge in [-0.15, -0.1) is 12.6 Å². The van der Waals surface area contributed by atoms with Crippen molar-refractivity contribution in [1.82, 2.24) is 0 Å². The van der Waals surface area contributed by atoms with Gasteiger partial charge in [0.1, 0.15) is 6.61 Å². The molecule has 0 aliphatic heterocycles. The first kappa shape index (κ1) is 15.3. The number of thiol groups is 1. The molecule has 1 rings (SSSR count). The first-order chi connectivity index (χ1) is 8.50. The molecule has 0 heterocycles. The van der Waals surface area contributed by atoms with Crippen molar-refractivity contribution in [2.24, 2.45) is 5.92 Å². The lowest BCUT2D eigenvalue weighted by Crippen LogP contribution is -2.13. The molecule has 0 amide bonds. The highest BCUT2D eigenvalue weighted by Crippen LogP contribution is 2.20. The van der Waals surface area contributed by atoms with Crippen molar-refractivity contribution in [1.29, 1.82) is 0 Å². The van der Waals surface area contributed by atoms with Crippen LogP contribution in [-0.4, -0.2) is 25.8 Å². The smallest absolute Gasteiger partial charge is 0.339 e. The maximum atomic E-state index is 11.7. The van der Waals surface area contributed by atoms with Crippen LogP contribution in [0.15, 0.2) is 23.1 Å².